The van der Waals surface area contributed by atoms with E-state index in [1.54, 1.807) is 0 Å². The van der Waals surface area contributed by atoms with Crippen molar-refractivity contribution in [2.24, 2.45) is 5.73 Å². The van der Waals surface area contributed by atoms with Crippen molar-refractivity contribution < 1.29 is 0 Å². The minimum Gasteiger partial charge on any atom is -0.384 e. The van der Waals surface area contributed by atoms with Gasteiger partial charge in [-0.05, 0) is 30.4 Å². The van der Waals surface area contributed by atoms with Crippen molar-refractivity contribution in [1.29, 1.82) is 5.41 Å². The van der Waals surface area contributed by atoms with Crippen molar-refractivity contribution in [1.82, 2.24) is 0 Å². The zero-order valence-electron chi connectivity index (χ0n) is 10.4. The van der Waals surface area contributed by atoms with Crippen molar-refractivity contribution in [3.63, 3.8) is 0 Å². The molecule has 0 radical (unpaired) electrons. The first-order chi connectivity index (χ1) is 8.75. The Hall–Kier alpha value is -2.09. The van der Waals surface area contributed by atoms with Crippen LogP contribution in [0.1, 0.15) is 23.1 Å². The van der Waals surface area contributed by atoms with E-state index in [9.17, 15) is 0 Å². The lowest BCUT2D eigenvalue weighted by Crippen LogP contribution is -2.10. The predicted octanol–water partition coefficient (Wildman–Crippen LogP) is 3.15. The van der Waals surface area contributed by atoms with Crippen LogP contribution in [0.4, 0.5) is 0 Å². The van der Waals surface area contributed by atoms with Gasteiger partial charge < -0.3 is 5.73 Å². The Balaban J connectivity index is 1.85. The molecule has 2 aromatic carbocycles. The number of rotatable bonds is 5. The van der Waals surface area contributed by atoms with Gasteiger partial charge in [-0.25, -0.2) is 0 Å². The largest absolute Gasteiger partial charge is 0.384 e. The van der Waals surface area contributed by atoms with E-state index in [0.717, 1.165) is 24.8 Å². The van der Waals surface area contributed by atoms with Crippen LogP contribution in [0.25, 0.3) is 0 Å². The molecule has 0 saturated carbocycles. The summed E-state index contributed by atoms with van der Waals surface area (Å²) in [4.78, 5) is 0. The van der Waals surface area contributed by atoms with E-state index in [1.807, 2.05) is 18.2 Å². The van der Waals surface area contributed by atoms with Crippen LogP contribution < -0.4 is 5.73 Å². The van der Waals surface area contributed by atoms with Gasteiger partial charge in [0.25, 0.3) is 0 Å². The van der Waals surface area contributed by atoms with Gasteiger partial charge in [-0.3, -0.25) is 5.41 Å². The Morgan fingerprint density at radius 1 is 0.833 bits per heavy atom. The van der Waals surface area contributed by atoms with E-state index in [1.165, 1.54) is 11.1 Å². The summed E-state index contributed by atoms with van der Waals surface area (Å²) in [6.07, 6.45) is 3.31. The molecule has 0 amide bonds. The van der Waals surface area contributed by atoms with E-state index < -0.39 is 0 Å². The Bertz CT molecular complexity index is 500. The van der Waals surface area contributed by atoms with E-state index in [0.29, 0.717) is 0 Å². The highest BCUT2D eigenvalue weighted by atomic mass is 14.7. The molecule has 2 nitrogen and oxygen atoms in total. The van der Waals surface area contributed by atoms with Crippen LogP contribution >= 0.6 is 0 Å². The summed E-state index contributed by atoms with van der Waals surface area (Å²) in [5.74, 6) is 0.130. The van der Waals surface area contributed by atoms with Crippen LogP contribution in [0.2, 0.25) is 0 Å². The van der Waals surface area contributed by atoms with Gasteiger partial charge >= 0.3 is 0 Å². The quantitative estimate of drug-likeness (QED) is 0.610. The number of hydrogen-bond donors (Lipinski definition) is 2. The SMILES string of the molecule is N=C(N)c1ccc(CCCc2ccccc2)cc1. The second-order valence-electron chi connectivity index (χ2n) is 4.45. The fourth-order valence-corrected chi connectivity index (χ4v) is 1.99. The molecule has 0 saturated heterocycles. The predicted molar refractivity (Wildman–Crippen MR) is 75.9 cm³/mol. The summed E-state index contributed by atoms with van der Waals surface area (Å²) in [6.45, 7) is 0. The van der Waals surface area contributed by atoms with Gasteiger partial charge in [0.15, 0.2) is 0 Å². The summed E-state index contributed by atoms with van der Waals surface area (Å²) in [7, 11) is 0. The standard InChI is InChI=1S/C16H18N2/c17-16(18)15-11-9-14(10-12-15)8-4-7-13-5-2-1-3-6-13/h1-3,5-6,9-12H,4,7-8H2,(H3,17,18). The third-order valence-electron chi connectivity index (χ3n) is 3.04. The van der Waals surface area contributed by atoms with Crippen molar-refractivity contribution in [3.05, 3.63) is 71.3 Å². The van der Waals surface area contributed by atoms with Crippen LogP contribution in [-0.2, 0) is 12.8 Å². The summed E-state index contributed by atoms with van der Waals surface area (Å²) in [5.41, 5.74) is 8.91. The lowest BCUT2D eigenvalue weighted by atomic mass is 10.0. The van der Waals surface area contributed by atoms with Gasteiger partial charge in [0.2, 0.25) is 0 Å². The smallest absolute Gasteiger partial charge is 0.122 e. The zero-order chi connectivity index (χ0) is 12.8. The average molecular weight is 238 g/mol. The highest BCUT2D eigenvalue weighted by Gasteiger charge is 1.98. The van der Waals surface area contributed by atoms with Gasteiger partial charge in [0.05, 0.1) is 0 Å². The molecule has 0 bridgehead atoms. The number of nitrogens with two attached hydrogens (primary N) is 1. The Labute approximate surface area is 108 Å². The first kappa shape index (κ1) is 12.4. The van der Waals surface area contributed by atoms with Crippen LogP contribution in [0.5, 0.6) is 0 Å². The number of amidine groups is 1. The molecular formula is C16H18N2. The molecule has 0 fully saturated rings. The lowest BCUT2D eigenvalue weighted by molar-refractivity contribution is 0.820. The van der Waals surface area contributed by atoms with E-state index in [4.69, 9.17) is 11.1 Å². The maximum absolute atomic E-state index is 7.33. The minimum atomic E-state index is 0.130. The maximum Gasteiger partial charge on any atom is 0.122 e. The third kappa shape index (κ3) is 3.45. The first-order valence-electron chi connectivity index (χ1n) is 6.23. The molecule has 0 unspecified atom stereocenters. The Morgan fingerprint density at radius 2 is 1.39 bits per heavy atom. The van der Waals surface area contributed by atoms with E-state index in [-0.39, 0.29) is 5.84 Å². The topological polar surface area (TPSA) is 49.9 Å². The van der Waals surface area contributed by atoms with E-state index in [2.05, 4.69) is 36.4 Å². The Morgan fingerprint density at radius 3 is 1.94 bits per heavy atom. The van der Waals surface area contributed by atoms with Crippen LogP contribution in [0, 0.1) is 5.41 Å². The summed E-state index contributed by atoms with van der Waals surface area (Å²) >= 11 is 0. The number of aryl methyl sites for hydroxylation is 2. The van der Waals surface area contributed by atoms with Gasteiger partial charge in [0.1, 0.15) is 5.84 Å². The number of benzene rings is 2. The highest BCUT2D eigenvalue weighted by Crippen LogP contribution is 2.09. The molecule has 2 aromatic rings. The third-order valence-corrected chi connectivity index (χ3v) is 3.04. The fraction of sp³-hybridized carbons (Fsp3) is 0.188. The molecule has 0 aliphatic heterocycles. The fourth-order valence-electron chi connectivity index (χ4n) is 1.99. The van der Waals surface area contributed by atoms with Crippen LogP contribution in [0.3, 0.4) is 0 Å². The molecule has 0 spiro atoms. The van der Waals surface area contributed by atoms with Gasteiger partial charge in [-0.15, -0.1) is 0 Å². The molecule has 0 heterocycles. The molecule has 18 heavy (non-hydrogen) atoms. The molecule has 0 aromatic heterocycles. The Kier molecular flexibility index (Phi) is 4.13. The molecule has 0 aliphatic rings. The highest BCUT2D eigenvalue weighted by molar-refractivity contribution is 5.94. The summed E-state index contributed by atoms with van der Waals surface area (Å²) in [5, 5.41) is 7.33. The average Bonchev–Trinajstić information content (AvgIpc) is 2.40. The zero-order valence-corrected chi connectivity index (χ0v) is 10.4. The second kappa shape index (κ2) is 6.01. The maximum atomic E-state index is 7.33. The molecule has 0 aliphatic carbocycles. The van der Waals surface area contributed by atoms with Gasteiger partial charge in [-0.2, -0.15) is 0 Å². The number of nitrogens with one attached hydrogen (secondary N) is 1. The van der Waals surface area contributed by atoms with E-state index >= 15 is 0 Å². The van der Waals surface area contributed by atoms with Crippen molar-refractivity contribution >= 4 is 5.84 Å². The molecular weight excluding hydrogens is 220 g/mol. The van der Waals surface area contributed by atoms with Gasteiger partial charge in [-0.1, -0.05) is 54.6 Å². The number of hydrogen-bond acceptors (Lipinski definition) is 1. The van der Waals surface area contributed by atoms with Crippen molar-refractivity contribution in [2.75, 3.05) is 0 Å². The molecule has 0 atom stereocenters. The van der Waals surface area contributed by atoms with Crippen molar-refractivity contribution in [3.8, 4) is 0 Å². The molecule has 2 heteroatoms. The van der Waals surface area contributed by atoms with Crippen molar-refractivity contribution in [2.45, 2.75) is 19.3 Å². The molecule has 3 N–H and O–H groups in total. The summed E-state index contributed by atoms with van der Waals surface area (Å²) in [6, 6.07) is 18.5. The second-order valence-corrected chi connectivity index (χ2v) is 4.45. The molecule has 92 valence electrons. The first-order valence-corrected chi connectivity index (χ1v) is 6.23. The normalized spacial score (nSPS) is 10.2. The lowest BCUT2D eigenvalue weighted by Gasteiger charge is -2.04. The van der Waals surface area contributed by atoms with Crippen LogP contribution in [-0.4, -0.2) is 5.84 Å². The minimum absolute atomic E-state index is 0.130. The molecule has 2 rings (SSSR count). The number of nitrogen functional groups attached to an aromatic ring is 1. The summed E-state index contributed by atoms with van der Waals surface area (Å²) < 4.78 is 0. The van der Waals surface area contributed by atoms with Gasteiger partial charge in [0, 0.05) is 5.56 Å². The monoisotopic (exact) mass is 238 g/mol. The van der Waals surface area contributed by atoms with Crippen LogP contribution in [0.15, 0.2) is 54.6 Å².